The molecule has 702 valence electrons. The van der Waals surface area contributed by atoms with Crippen molar-refractivity contribution in [3.63, 3.8) is 0 Å². The number of carbonyl (C=O) groups is 2. The highest BCUT2D eigenvalue weighted by atomic mass is 16.8. The highest BCUT2D eigenvalue weighted by Gasteiger charge is 2.63. The number of hydrogen-bond acceptors (Lipinski definition) is 28. The number of hydrogen-bond donors (Lipinski definition) is 6. The van der Waals surface area contributed by atoms with E-state index in [1.165, 1.54) is 0 Å². The molecule has 0 aromatic carbocycles. The van der Waals surface area contributed by atoms with Crippen molar-refractivity contribution in [2.45, 2.75) is 376 Å². The summed E-state index contributed by atoms with van der Waals surface area (Å²) in [5.41, 5.74) is 0.355. The molecule has 28 nitrogen and oxygen atoms in total. The van der Waals surface area contributed by atoms with Crippen LogP contribution in [0.5, 0.6) is 0 Å². The van der Waals surface area contributed by atoms with Crippen LogP contribution in [0.4, 0.5) is 0 Å². The fourth-order valence-corrected chi connectivity index (χ4v) is 21.9. The molecule has 14 aliphatic rings. The van der Waals surface area contributed by atoms with Crippen molar-refractivity contribution in [3.8, 4) is 0 Å². The van der Waals surface area contributed by atoms with E-state index < -0.39 is 133 Å². The SMILES string of the molecule is CC[C@@H](C)[C@H]1O[C@]2(C=C[C@@H]1C)C[C@@H]1C[C@@H](CC=C(C)[C@@H](O[C@H]3C[C@H](OC)[C@@H](O[C@H]4C[C@H](OC)[C@H](NC)[C@H](C)O4)[C@H](C)O3)[C@@H](C)C=CC=C3CO[C@@H]4[C@H](O)C(C)=C[C@@H](C(=O)O1)[C@]34O)O2.CN[C@@H]1[C@H](C)O[C@@H](O[C@H]2[C@H](C)O[C@@H](O[C@@H]3C(C)=CC[C@@H]4C[C@@H](C[C@]5(C=C[C@H](C)[C@@H](C(C)C)O5)O4)OC(=O)[C@@H]4C=C(C)[C@@H](O)[C@H]5OCC(=CC=C[C@@H]3C)[C@]54O)C[C@@H]2OC)C[C@@H]1OC. The summed E-state index contributed by atoms with van der Waals surface area (Å²) < 4.78 is 129. The molecule has 39 atom stereocenters. The van der Waals surface area contributed by atoms with Crippen LogP contribution in [-0.4, -0.2) is 282 Å². The van der Waals surface area contributed by atoms with Gasteiger partial charge < -0.3 is 126 Å². The van der Waals surface area contributed by atoms with Gasteiger partial charge in [-0.2, -0.15) is 0 Å². The van der Waals surface area contributed by atoms with Gasteiger partial charge in [-0.1, -0.05) is 135 Å². The lowest BCUT2D eigenvalue weighted by Gasteiger charge is -2.48. The number of methoxy groups -OCH3 is 4. The summed E-state index contributed by atoms with van der Waals surface area (Å²) >= 11 is 0. The lowest BCUT2D eigenvalue weighted by Crippen LogP contribution is -2.58. The Morgan fingerprint density at radius 1 is 0.472 bits per heavy atom. The number of aliphatic hydroxyl groups is 4. The molecule has 8 saturated heterocycles. The molecule has 14 rings (SSSR count). The number of fused-ring (bicyclic) bond motifs is 4. The van der Waals surface area contributed by atoms with Crippen LogP contribution < -0.4 is 10.6 Å². The third-order valence-corrected chi connectivity index (χ3v) is 29.2. The maximum absolute atomic E-state index is 14.4. The highest BCUT2D eigenvalue weighted by molar-refractivity contribution is 5.79. The van der Waals surface area contributed by atoms with Crippen LogP contribution in [0.2, 0.25) is 0 Å². The molecule has 0 unspecified atom stereocenters. The molecule has 0 aromatic rings. The van der Waals surface area contributed by atoms with Gasteiger partial charge in [-0.3, -0.25) is 9.59 Å². The Labute approximate surface area is 741 Å². The average molecular weight is 1760 g/mol. The van der Waals surface area contributed by atoms with E-state index in [4.69, 9.17) is 94.7 Å². The molecule has 28 heteroatoms. The van der Waals surface area contributed by atoms with Crippen molar-refractivity contribution in [2.75, 3.05) is 55.7 Å². The quantitative estimate of drug-likeness (QED) is 0.0582. The molecule has 4 bridgehead atoms. The Kier molecular flexibility index (Phi) is 32.6. The van der Waals surface area contributed by atoms with Crippen LogP contribution in [0.3, 0.4) is 0 Å². The van der Waals surface area contributed by atoms with Crippen molar-refractivity contribution in [1.29, 1.82) is 0 Å². The number of rotatable bonds is 17. The first kappa shape index (κ1) is 97.9. The zero-order valence-corrected chi connectivity index (χ0v) is 77.8. The van der Waals surface area contributed by atoms with Gasteiger partial charge in [0.05, 0.1) is 111 Å². The van der Waals surface area contributed by atoms with Gasteiger partial charge in [0.2, 0.25) is 0 Å². The number of allylic oxidation sites excluding steroid dienone is 4. The monoisotopic (exact) mass is 1760 g/mol. The molecule has 12 aliphatic heterocycles. The van der Waals surface area contributed by atoms with Gasteiger partial charge in [0.1, 0.15) is 71.9 Å². The molecular weight excluding hydrogens is 1610 g/mol. The predicted molar refractivity (Wildman–Crippen MR) is 464 cm³/mol. The van der Waals surface area contributed by atoms with Crippen molar-refractivity contribution in [1.82, 2.24) is 10.6 Å². The Hall–Kier alpha value is -4.62. The van der Waals surface area contributed by atoms with Crippen LogP contribution in [0.1, 0.15) is 181 Å². The summed E-state index contributed by atoms with van der Waals surface area (Å²) in [6, 6.07) is 0.0887. The number of ether oxygens (including phenoxy) is 20. The largest absolute Gasteiger partial charge is 0.462 e. The summed E-state index contributed by atoms with van der Waals surface area (Å²) in [5.74, 6) is -5.07. The van der Waals surface area contributed by atoms with Gasteiger partial charge >= 0.3 is 11.9 Å². The smallest absolute Gasteiger partial charge is 0.316 e. The molecule has 12 heterocycles. The summed E-state index contributed by atoms with van der Waals surface area (Å²) in [4.78, 5) is 28.7. The predicted octanol–water partition coefficient (Wildman–Crippen LogP) is 10.8. The minimum absolute atomic E-state index is 0.0407. The minimum atomic E-state index is -1.83. The molecule has 0 aromatic heterocycles. The second-order valence-electron chi connectivity index (χ2n) is 38.4. The van der Waals surface area contributed by atoms with E-state index in [2.05, 4.69) is 104 Å². The van der Waals surface area contributed by atoms with E-state index in [9.17, 15) is 30.0 Å². The Morgan fingerprint density at radius 2 is 0.848 bits per heavy atom. The number of aliphatic hydroxyl groups excluding tert-OH is 2. The summed E-state index contributed by atoms with van der Waals surface area (Å²) in [7, 11) is 10.6. The van der Waals surface area contributed by atoms with Gasteiger partial charge in [-0.25, -0.2) is 0 Å². The molecule has 2 aliphatic carbocycles. The van der Waals surface area contributed by atoms with Crippen molar-refractivity contribution in [2.24, 2.45) is 47.3 Å². The maximum atomic E-state index is 14.4. The molecule has 0 radical (unpaired) electrons. The second-order valence-corrected chi connectivity index (χ2v) is 38.4. The number of esters is 2. The molecule has 8 fully saturated rings. The Balaban J connectivity index is 0.000000215. The molecule has 125 heavy (non-hydrogen) atoms. The van der Waals surface area contributed by atoms with Gasteiger partial charge in [0.25, 0.3) is 0 Å². The van der Waals surface area contributed by atoms with E-state index in [-0.39, 0.29) is 134 Å². The molecule has 0 saturated carbocycles. The van der Waals surface area contributed by atoms with Crippen LogP contribution in [0, 0.1) is 47.3 Å². The lowest BCUT2D eigenvalue weighted by molar-refractivity contribution is -0.312. The first-order valence-electron chi connectivity index (χ1n) is 46.2. The van der Waals surface area contributed by atoms with E-state index >= 15 is 0 Å². The normalized spacial score (nSPS) is 46.5. The second kappa shape index (κ2) is 41.7. The maximum Gasteiger partial charge on any atom is 0.316 e. The fourth-order valence-electron chi connectivity index (χ4n) is 21.9. The fraction of sp³-hybridized carbons (Fsp3) is 0.773. The Morgan fingerprint density at radius 3 is 1.23 bits per heavy atom. The number of nitrogens with one attached hydrogen (secondary N) is 2. The highest BCUT2D eigenvalue weighted by Crippen LogP contribution is 2.51. The lowest BCUT2D eigenvalue weighted by atomic mass is 9.71. The third-order valence-electron chi connectivity index (χ3n) is 29.2. The van der Waals surface area contributed by atoms with E-state index in [1.54, 1.807) is 66.6 Å². The van der Waals surface area contributed by atoms with Crippen molar-refractivity contribution in [3.05, 3.63) is 119 Å². The zero-order valence-electron chi connectivity index (χ0n) is 77.8. The molecule has 0 amide bonds. The zero-order chi connectivity index (χ0) is 90.1. The van der Waals surface area contributed by atoms with Crippen LogP contribution in [0.15, 0.2) is 119 Å². The minimum Gasteiger partial charge on any atom is -0.462 e. The van der Waals surface area contributed by atoms with E-state index in [1.807, 2.05) is 78.2 Å². The number of carbonyl (C=O) groups excluding carboxylic acids is 2. The Bertz CT molecular complexity index is 3970. The summed E-state index contributed by atoms with van der Waals surface area (Å²) in [6.45, 7) is 32.7. The van der Waals surface area contributed by atoms with Gasteiger partial charge in [-0.15, -0.1) is 0 Å². The van der Waals surface area contributed by atoms with Crippen LogP contribution >= 0.6 is 0 Å². The third kappa shape index (κ3) is 21.1. The first-order valence-corrected chi connectivity index (χ1v) is 46.2. The molecule has 6 N–H and O–H groups in total. The first-order chi connectivity index (χ1) is 59.5. The summed E-state index contributed by atoms with van der Waals surface area (Å²) in [5, 5.41) is 54.1. The average Bonchev–Trinajstić information content (AvgIpc) is 1.60. The summed E-state index contributed by atoms with van der Waals surface area (Å²) in [6.07, 6.45) is 20.5. The van der Waals surface area contributed by atoms with E-state index in [0.29, 0.717) is 86.5 Å². The standard InChI is InChI=1S/C49H75NO13.C48H73NO13/c1-12-26(2)44-29(5)18-19-48(63-44)24-35-21-34(62-48)17-16-28(4)43(27(3)14-13-15-33-25-56-46-42(51)30(6)20-36(47(52)59-35)49(33,46)53)60-40-23-38(55-11)45(32(8)58-40)61-39-22-37(54-10)41(50-9)31(7)57-39;1-25(2)42-28(5)17-18-47(62-42)23-34-20-33(61-47)16-15-27(4)43(26(3)13-12-14-32-24-55-45-41(50)29(6)19-35(46(51)58-34)48(32,45)52)59-39-22-37(54-11)44(31(8)57-39)60-38-21-36(53-10)40(49-9)30(7)56-38/h13-16,18-20,26-27,29,31-32,34-46,50-51,53H,12,17,21-25H2,1-11H3;12-15,17-19,25-26,28,30-31,33-45,49-50,52H,16,20-24H2,1-11H3/t26-,27+,29+,31+,32+,34-,35+,36+,37+,38+,39+,40+,41-,42-,43+,44-,45+,46-,48-,49-;26-,28-,30-,31-,33+,34-,35-,36-,37-,38-,39-,40+,41+,42+,43-,44-,45+,47+,48+/m10/s1. The van der Waals surface area contributed by atoms with E-state index in [0.717, 1.165) is 17.6 Å². The van der Waals surface area contributed by atoms with Gasteiger partial charge in [0.15, 0.2) is 36.7 Å². The van der Waals surface area contributed by atoms with Gasteiger partial charge in [-0.05, 0) is 140 Å². The molecular formula is C97H148N2O26. The van der Waals surface area contributed by atoms with Crippen LogP contribution in [0.25, 0.3) is 0 Å². The van der Waals surface area contributed by atoms with Crippen LogP contribution in [-0.2, 0) is 104 Å². The van der Waals surface area contributed by atoms with Crippen molar-refractivity contribution < 1.29 is 125 Å². The van der Waals surface area contributed by atoms with Gasteiger partial charge in [0, 0.05) is 103 Å². The number of likely N-dealkylation sites (N-methyl/N-ethyl adjacent to an activating group) is 2. The topological polar surface area (TPSA) is 324 Å². The molecule has 2 spiro atoms. The van der Waals surface area contributed by atoms with Crippen molar-refractivity contribution >= 4 is 11.9 Å².